The van der Waals surface area contributed by atoms with Crippen LogP contribution in [0.1, 0.15) is 0 Å². The highest BCUT2D eigenvalue weighted by atomic mass is 79.9. The van der Waals surface area contributed by atoms with Crippen LogP contribution in [0.25, 0.3) is 0 Å². The van der Waals surface area contributed by atoms with Crippen molar-refractivity contribution < 1.29 is 17.2 Å². The van der Waals surface area contributed by atoms with E-state index < -0.39 is 26.6 Å². The Morgan fingerprint density at radius 2 is 1.52 bits per heavy atom. The highest BCUT2D eigenvalue weighted by Gasteiger charge is 2.26. The minimum absolute atomic E-state index is 0.133. The van der Waals surface area contributed by atoms with E-state index >= 15 is 0 Å². The Labute approximate surface area is 136 Å². The number of sulfonamides is 1. The maximum atomic E-state index is 13.7. The Morgan fingerprint density at radius 3 is 2.00 bits per heavy atom. The maximum Gasteiger partial charge on any atom is 0.267 e. The minimum atomic E-state index is -4.45. The first-order chi connectivity index (χ1) is 9.72. The molecule has 0 bridgehead atoms. The van der Waals surface area contributed by atoms with Crippen molar-refractivity contribution in [3.8, 4) is 0 Å². The van der Waals surface area contributed by atoms with Gasteiger partial charge in [-0.3, -0.25) is 4.72 Å². The number of hydrogen-bond donors (Lipinski definition) is 2. The van der Waals surface area contributed by atoms with Gasteiger partial charge in [-0.15, -0.1) is 0 Å². The van der Waals surface area contributed by atoms with E-state index in [-0.39, 0.29) is 11.4 Å². The molecule has 0 atom stereocenters. The Kier molecular flexibility index (Phi) is 4.54. The van der Waals surface area contributed by atoms with Crippen molar-refractivity contribution in [2.45, 2.75) is 4.90 Å². The molecule has 0 aliphatic heterocycles. The minimum Gasteiger partial charge on any atom is -0.399 e. The average Bonchev–Trinajstić information content (AvgIpc) is 2.32. The summed E-state index contributed by atoms with van der Waals surface area (Å²) in [7, 11) is -4.45. The van der Waals surface area contributed by atoms with Gasteiger partial charge in [-0.25, -0.2) is 17.2 Å². The Bertz CT molecular complexity index is 770. The molecular formula is C12H8Br2F2N2O2S. The number of benzene rings is 2. The Morgan fingerprint density at radius 1 is 1.05 bits per heavy atom. The van der Waals surface area contributed by atoms with Crippen LogP contribution in [0.2, 0.25) is 0 Å². The van der Waals surface area contributed by atoms with Gasteiger partial charge in [0.2, 0.25) is 0 Å². The van der Waals surface area contributed by atoms with E-state index in [1.165, 1.54) is 0 Å². The van der Waals surface area contributed by atoms with Crippen molar-refractivity contribution in [1.29, 1.82) is 0 Å². The SMILES string of the molecule is Nc1cc(F)c(S(=O)(=O)Nc2c(Br)cccc2Br)c(F)c1. The maximum absolute atomic E-state index is 13.7. The molecule has 2 aromatic rings. The molecule has 9 heteroatoms. The lowest BCUT2D eigenvalue weighted by atomic mass is 10.3. The lowest BCUT2D eigenvalue weighted by Crippen LogP contribution is -2.17. The second-order valence-electron chi connectivity index (χ2n) is 4.02. The smallest absolute Gasteiger partial charge is 0.267 e. The molecule has 0 radical (unpaired) electrons. The van der Waals surface area contributed by atoms with E-state index in [1.807, 2.05) is 0 Å². The van der Waals surface area contributed by atoms with E-state index in [9.17, 15) is 17.2 Å². The summed E-state index contributed by atoms with van der Waals surface area (Å²) in [6, 6.07) is 6.31. The van der Waals surface area contributed by atoms with Crippen molar-refractivity contribution in [2.24, 2.45) is 0 Å². The van der Waals surface area contributed by atoms with Gasteiger partial charge in [0, 0.05) is 14.6 Å². The quantitative estimate of drug-likeness (QED) is 0.710. The number of hydrogen-bond acceptors (Lipinski definition) is 3. The van der Waals surface area contributed by atoms with E-state index in [4.69, 9.17) is 5.73 Å². The largest absolute Gasteiger partial charge is 0.399 e. The molecule has 0 aromatic heterocycles. The molecule has 21 heavy (non-hydrogen) atoms. The highest BCUT2D eigenvalue weighted by Crippen LogP contribution is 2.33. The first-order valence-corrected chi connectivity index (χ1v) is 8.50. The summed E-state index contributed by atoms with van der Waals surface area (Å²) in [6.45, 7) is 0. The summed E-state index contributed by atoms with van der Waals surface area (Å²) in [6.07, 6.45) is 0. The van der Waals surface area contributed by atoms with Crippen molar-refractivity contribution in [3.05, 3.63) is 50.9 Å². The first-order valence-electron chi connectivity index (χ1n) is 5.43. The van der Waals surface area contributed by atoms with Gasteiger partial charge in [0.25, 0.3) is 10.0 Å². The lowest BCUT2D eigenvalue weighted by Gasteiger charge is -2.13. The van der Waals surface area contributed by atoms with Gasteiger partial charge in [-0.05, 0) is 56.1 Å². The number of nitrogens with one attached hydrogen (secondary N) is 1. The van der Waals surface area contributed by atoms with Crippen molar-refractivity contribution >= 4 is 53.3 Å². The summed E-state index contributed by atoms with van der Waals surface area (Å²) in [5.41, 5.74) is 5.19. The van der Waals surface area contributed by atoms with Gasteiger partial charge < -0.3 is 5.73 Å². The molecule has 4 nitrogen and oxygen atoms in total. The van der Waals surface area contributed by atoms with Crippen LogP contribution in [0.5, 0.6) is 0 Å². The number of halogens is 4. The van der Waals surface area contributed by atoms with E-state index in [2.05, 4.69) is 36.6 Å². The van der Waals surface area contributed by atoms with Gasteiger partial charge in [-0.2, -0.15) is 0 Å². The summed E-state index contributed by atoms with van der Waals surface area (Å²) >= 11 is 6.31. The molecule has 0 heterocycles. The zero-order chi connectivity index (χ0) is 15.8. The third-order valence-corrected chi connectivity index (χ3v) is 5.21. The van der Waals surface area contributed by atoms with Crippen LogP contribution >= 0.6 is 31.9 Å². The summed E-state index contributed by atoms with van der Waals surface area (Å²) in [5, 5.41) is 0. The second kappa shape index (κ2) is 5.90. The number of nitrogens with two attached hydrogens (primary N) is 1. The monoisotopic (exact) mass is 440 g/mol. The fraction of sp³-hybridized carbons (Fsp3) is 0. The molecule has 0 aliphatic carbocycles. The standard InChI is InChI=1S/C12H8Br2F2N2O2S/c13-7-2-1-3-8(14)11(7)18-21(19,20)12-9(15)4-6(17)5-10(12)16/h1-5,18H,17H2. The zero-order valence-corrected chi connectivity index (χ0v) is 14.2. The molecule has 112 valence electrons. The predicted octanol–water partition coefficient (Wildman–Crippen LogP) is 3.87. The van der Waals surface area contributed by atoms with Crippen LogP contribution in [0.3, 0.4) is 0 Å². The number of nitrogen functional groups attached to an aromatic ring is 1. The van der Waals surface area contributed by atoms with Gasteiger partial charge >= 0.3 is 0 Å². The molecule has 2 aromatic carbocycles. The molecule has 0 saturated heterocycles. The summed E-state index contributed by atoms with van der Waals surface area (Å²) in [5.74, 6) is -2.52. The molecule has 2 rings (SSSR count). The predicted molar refractivity (Wildman–Crippen MR) is 83.4 cm³/mol. The van der Waals surface area contributed by atoms with Gasteiger partial charge in [0.1, 0.15) is 11.6 Å². The Balaban J connectivity index is 2.54. The van der Waals surface area contributed by atoms with E-state index in [1.54, 1.807) is 18.2 Å². The molecule has 0 spiro atoms. The van der Waals surface area contributed by atoms with Crippen molar-refractivity contribution in [3.63, 3.8) is 0 Å². The van der Waals surface area contributed by atoms with Gasteiger partial charge in [-0.1, -0.05) is 6.07 Å². The fourth-order valence-corrected chi connectivity index (χ4v) is 4.30. The topological polar surface area (TPSA) is 72.2 Å². The van der Waals surface area contributed by atoms with Crippen LogP contribution in [0.4, 0.5) is 20.2 Å². The van der Waals surface area contributed by atoms with Crippen molar-refractivity contribution in [2.75, 3.05) is 10.5 Å². The molecule has 0 aliphatic rings. The number of para-hydroxylation sites is 1. The molecule has 0 saturated carbocycles. The fourth-order valence-electron chi connectivity index (χ4n) is 1.62. The van der Waals surface area contributed by atoms with Crippen LogP contribution in [0.15, 0.2) is 44.2 Å². The van der Waals surface area contributed by atoms with Crippen LogP contribution in [-0.4, -0.2) is 8.42 Å². The summed E-state index contributed by atoms with van der Waals surface area (Å²) < 4.78 is 54.8. The molecular weight excluding hydrogens is 434 g/mol. The zero-order valence-electron chi connectivity index (χ0n) is 10.2. The number of anilines is 2. The van der Waals surface area contributed by atoms with E-state index in [0.717, 1.165) is 12.1 Å². The van der Waals surface area contributed by atoms with Crippen LogP contribution in [-0.2, 0) is 10.0 Å². The third-order valence-electron chi connectivity index (χ3n) is 2.49. The van der Waals surface area contributed by atoms with Crippen LogP contribution < -0.4 is 10.5 Å². The third kappa shape index (κ3) is 3.35. The molecule has 0 fully saturated rings. The first kappa shape index (κ1) is 16.2. The number of rotatable bonds is 3. The van der Waals surface area contributed by atoms with Crippen molar-refractivity contribution in [1.82, 2.24) is 0 Å². The molecule has 3 N–H and O–H groups in total. The Hall–Kier alpha value is -1.19. The highest BCUT2D eigenvalue weighted by molar-refractivity contribution is 9.11. The molecule has 0 amide bonds. The van der Waals surface area contributed by atoms with Crippen LogP contribution in [0, 0.1) is 11.6 Å². The van der Waals surface area contributed by atoms with Gasteiger partial charge in [0.15, 0.2) is 4.90 Å². The van der Waals surface area contributed by atoms with E-state index in [0.29, 0.717) is 8.95 Å². The second-order valence-corrected chi connectivity index (χ2v) is 7.34. The normalized spacial score (nSPS) is 11.4. The lowest BCUT2D eigenvalue weighted by molar-refractivity contribution is 0.522. The van der Waals surface area contributed by atoms with Gasteiger partial charge in [0.05, 0.1) is 5.69 Å². The average molecular weight is 442 g/mol. The molecule has 0 unspecified atom stereocenters. The summed E-state index contributed by atoms with van der Waals surface area (Å²) in [4.78, 5) is -1.08.